The molecular formula is C18H22FNO4. The molecule has 1 saturated heterocycles. The fourth-order valence-electron chi connectivity index (χ4n) is 2.19. The van der Waals surface area contributed by atoms with E-state index in [4.69, 9.17) is 4.74 Å². The number of esters is 1. The smallest absolute Gasteiger partial charge is 0.408 e. The first-order valence-electron chi connectivity index (χ1n) is 7.82. The molecule has 5 nitrogen and oxygen atoms in total. The number of rotatable bonds is 5. The Kier molecular flexibility index (Phi) is 5.59. The van der Waals surface area contributed by atoms with E-state index < -0.39 is 35.5 Å². The van der Waals surface area contributed by atoms with Crippen molar-refractivity contribution in [3.05, 3.63) is 47.8 Å². The number of halogens is 1. The second kappa shape index (κ2) is 7.47. The van der Waals surface area contributed by atoms with Crippen LogP contribution >= 0.6 is 0 Å². The number of alkyl carbamates (subject to hydrolysis) is 1. The van der Waals surface area contributed by atoms with Crippen LogP contribution in [0.25, 0.3) is 0 Å². The lowest BCUT2D eigenvalue weighted by atomic mass is 10.0. The van der Waals surface area contributed by atoms with Gasteiger partial charge in [-0.05, 0) is 38.8 Å². The molecule has 0 saturated carbocycles. The minimum Gasteiger partial charge on any atom is -0.464 e. The molecule has 2 atom stereocenters. The molecule has 0 radical (unpaired) electrons. The van der Waals surface area contributed by atoms with Crippen molar-refractivity contribution in [2.24, 2.45) is 5.92 Å². The second-order valence-electron chi connectivity index (χ2n) is 6.68. The summed E-state index contributed by atoms with van der Waals surface area (Å²) in [5.41, 5.74) is 0.178. The van der Waals surface area contributed by atoms with E-state index >= 15 is 0 Å². The van der Waals surface area contributed by atoms with E-state index in [0.717, 1.165) is 5.56 Å². The standard InChI is InChI=1S/C18H22FNO4/c1-18(2,3)24-17(22)20-15(9-12-7-5-4-6-8-12)14(19)10-13-11-23-16(13)21/h4-8,10,13,15H,9,11H2,1-3H3,(H,20,22)/b14-10-/t13-,15+/m0/s1. The van der Waals surface area contributed by atoms with E-state index in [0.29, 0.717) is 0 Å². The van der Waals surface area contributed by atoms with Crippen LogP contribution in [-0.2, 0) is 20.7 Å². The van der Waals surface area contributed by atoms with E-state index in [9.17, 15) is 14.0 Å². The third-order valence-electron chi connectivity index (χ3n) is 3.37. The van der Waals surface area contributed by atoms with Gasteiger partial charge in [0.1, 0.15) is 24.0 Å². The largest absolute Gasteiger partial charge is 0.464 e. The van der Waals surface area contributed by atoms with Gasteiger partial charge in [0.2, 0.25) is 0 Å². The van der Waals surface area contributed by atoms with Gasteiger partial charge < -0.3 is 14.8 Å². The summed E-state index contributed by atoms with van der Waals surface area (Å²) in [4.78, 5) is 23.2. The van der Waals surface area contributed by atoms with Crippen LogP contribution in [0.1, 0.15) is 26.3 Å². The van der Waals surface area contributed by atoms with Crippen molar-refractivity contribution in [3.8, 4) is 0 Å². The van der Waals surface area contributed by atoms with Crippen LogP contribution < -0.4 is 5.32 Å². The van der Waals surface area contributed by atoms with Crippen molar-refractivity contribution < 1.29 is 23.5 Å². The zero-order chi connectivity index (χ0) is 17.7. The first kappa shape index (κ1) is 18.0. The van der Waals surface area contributed by atoms with Crippen molar-refractivity contribution >= 4 is 12.1 Å². The van der Waals surface area contributed by atoms with Gasteiger partial charge in [-0.25, -0.2) is 9.18 Å². The summed E-state index contributed by atoms with van der Waals surface area (Å²) in [7, 11) is 0. The predicted octanol–water partition coefficient (Wildman–Crippen LogP) is 3.15. The number of ether oxygens (including phenoxy) is 2. The molecular weight excluding hydrogens is 313 g/mol. The Morgan fingerprint density at radius 3 is 2.58 bits per heavy atom. The molecule has 1 N–H and O–H groups in total. The highest BCUT2D eigenvalue weighted by molar-refractivity contribution is 5.79. The maximum absolute atomic E-state index is 14.6. The van der Waals surface area contributed by atoms with E-state index in [1.807, 2.05) is 30.3 Å². The van der Waals surface area contributed by atoms with Crippen LogP contribution in [0.15, 0.2) is 42.2 Å². The molecule has 0 spiro atoms. The molecule has 0 unspecified atom stereocenters. The lowest BCUT2D eigenvalue weighted by molar-refractivity contribution is -0.164. The van der Waals surface area contributed by atoms with Gasteiger partial charge in [0.15, 0.2) is 0 Å². The molecule has 1 fully saturated rings. The molecule has 1 aromatic carbocycles. The molecule has 6 heteroatoms. The Morgan fingerprint density at radius 2 is 2.08 bits per heavy atom. The SMILES string of the molecule is CC(C)(C)OC(=O)N[C@H](Cc1ccccc1)/C(F)=C/[C@H]1COC1=O. The molecule has 0 aromatic heterocycles. The summed E-state index contributed by atoms with van der Waals surface area (Å²) in [5, 5.41) is 2.53. The Labute approximate surface area is 140 Å². The van der Waals surface area contributed by atoms with Crippen LogP contribution in [0.2, 0.25) is 0 Å². The van der Waals surface area contributed by atoms with Crippen LogP contribution in [0.3, 0.4) is 0 Å². The first-order chi connectivity index (χ1) is 11.2. The average Bonchev–Trinajstić information content (AvgIpc) is 2.49. The summed E-state index contributed by atoms with van der Waals surface area (Å²) < 4.78 is 24.4. The van der Waals surface area contributed by atoms with Gasteiger partial charge in [-0.1, -0.05) is 30.3 Å². The highest BCUT2D eigenvalue weighted by Gasteiger charge is 2.31. The van der Waals surface area contributed by atoms with Crippen LogP contribution in [0, 0.1) is 5.92 Å². The van der Waals surface area contributed by atoms with E-state index in [-0.39, 0.29) is 13.0 Å². The maximum atomic E-state index is 14.6. The molecule has 1 aromatic rings. The number of carbonyl (C=O) groups excluding carboxylic acids is 2. The Balaban J connectivity index is 2.11. The van der Waals surface area contributed by atoms with Crippen LogP contribution in [0.5, 0.6) is 0 Å². The highest BCUT2D eigenvalue weighted by Crippen LogP contribution is 2.20. The molecule has 1 aliphatic heterocycles. The van der Waals surface area contributed by atoms with Crippen molar-refractivity contribution in [1.82, 2.24) is 5.32 Å². The third-order valence-corrected chi connectivity index (χ3v) is 3.37. The van der Waals surface area contributed by atoms with E-state index in [1.165, 1.54) is 6.08 Å². The topological polar surface area (TPSA) is 64.6 Å². The Hall–Kier alpha value is -2.37. The predicted molar refractivity (Wildman–Crippen MR) is 86.9 cm³/mol. The molecule has 1 amide bonds. The molecule has 1 heterocycles. The zero-order valence-electron chi connectivity index (χ0n) is 14.0. The van der Waals surface area contributed by atoms with Gasteiger partial charge in [0.05, 0.1) is 6.04 Å². The third kappa shape index (κ3) is 5.37. The number of benzene rings is 1. The van der Waals surface area contributed by atoms with Gasteiger partial charge in [-0.15, -0.1) is 0 Å². The summed E-state index contributed by atoms with van der Waals surface area (Å²) in [6.07, 6.45) is 0.754. The van der Waals surface area contributed by atoms with Gasteiger partial charge >= 0.3 is 12.1 Å². The number of nitrogens with one attached hydrogen (secondary N) is 1. The molecule has 24 heavy (non-hydrogen) atoms. The van der Waals surface area contributed by atoms with Gasteiger partial charge in [0.25, 0.3) is 0 Å². The minimum atomic E-state index is -0.907. The first-order valence-corrected chi connectivity index (χ1v) is 7.82. The van der Waals surface area contributed by atoms with Crippen molar-refractivity contribution in [2.45, 2.75) is 38.8 Å². The summed E-state index contributed by atoms with van der Waals surface area (Å²) in [6.45, 7) is 5.36. The van der Waals surface area contributed by atoms with Crippen LogP contribution in [0.4, 0.5) is 9.18 Å². The van der Waals surface area contributed by atoms with Crippen molar-refractivity contribution in [1.29, 1.82) is 0 Å². The molecule has 2 rings (SSSR count). The monoisotopic (exact) mass is 335 g/mol. The van der Waals surface area contributed by atoms with Crippen LogP contribution in [-0.4, -0.2) is 30.3 Å². The fourth-order valence-corrected chi connectivity index (χ4v) is 2.19. The Morgan fingerprint density at radius 1 is 1.42 bits per heavy atom. The minimum absolute atomic E-state index is 0.163. The van der Waals surface area contributed by atoms with E-state index in [2.05, 4.69) is 10.1 Å². The Bertz CT molecular complexity index is 622. The maximum Gasteiger partial charge on any atom is 0.408 e. The summed E-state index contributed by atoms with van der Waals surface area (Å²) >= 11 is 0. The van der Waals surface area contributed by atoms with Gasteiger partial charge in [-0.2, -0.15) is 0 Å². The molecule has 0 aliphatic carbocycles. The van der Waals surface area contributed by atoms with Gasteiger partial charge in [-0.3, -0.25) is 4.79 Å². The zero-order valence-corrected chi connectivity index (χ0v) is 14.0. The average molecular weight is 335 g/mol. The fraction of sp³-hybridized carbons (Fsp3) is 0.444. The van der Waals surface area contributed by atoms with Crippen molar-refractivity contribution in [3.63, 3.8) is 0 Å². The van der Waals surface area contributed by atoms with E-state index in [1.54, 1.807) is 20.8 Å². The molecule has 0 bridgehead atoms. The number of hydrogen-bond acceptors (Lipinski definition) is 4. The quantitative estimate of drug-likeness (QED) is 0.840. The van der Waals surface area contributed by atoms with Gasteiger partial charge in [0, 0.05) is 0 Å². The molecule has 1 aliphatic rings. The summed E-state index contributed by atoms with van der Waals surface area (Å²) in [5.74, 6) is -1.63. The number of cyclic esters (lactones) is 1. The second-order valence-corrected chi connectivity index (χ2v) is 6.68. The number of carbonyl (C=O) groups is 2. The molecule has 130 valence electrons. The number of amides is 1. The summed E-state index contributed by atoms with van der Waals surface area (Å²) in [6, 6.07) is 8.31. The highest BCUT2D eigenvalue weighted by atomic mass is 19.1. The van der Waals surface area contributed by atoms with Crippen molar-refractivity contribution in [2.75, 3.05) is 6.61 Å². The number of hydrogen-bond donors (Lipinski definition) is 1. The lowest BCUT2D eigenvalue weighted by Crippen LogP contribution is -2.41. The lowest BCUT2D eigenvalue weighted by Gasteiger charge is -2.25. The normalized spacial score (nSPS) is 19.1.